The number of piperidine rings is 1. The molecule has 2 aliphatic heterocycles. The van der Waals surface area contributed by atoms with Gasteiger partial charge in [0, 0.05) is 49.5 Å². The molecule has 2 amide bonds. The number of anilines is 1. The van der Waals surface area contributed by atoms with Gasteiger partial charge in [-0.25, -0.2) is 0 Å². The number of aryl methyl sites for hydroxylation is 1. The molecule has 2 atom stereocenters. The van der Waals surface area contributed by atoms with Crippen LogP contribution in [0, 0.1) is 12.8 Å². The lowest BCUT2D eigenvalue weighted by atomic mass is 9.95. The lowest BCUT2D eigenvalue weighted by Gasteiger charge is -2.39. The Bertz CT molecular complexity index is 960. The standard InChI is InChI=1S/C27H35N3O3/c1-19-9-10-24(15-25(19)28-26(31)23-7-5-4-6-8-23)27(32)30-13-11-22(12-14-30)18-29-16-20(2)33-21(3)17-29/h4-10,15,20-22H,11-14,16-18H2,1-3H3,(H,28,31). The molecule has 6 nitrogen and oxygen atoms in total. The Balaban J connectivity index is 1.34. The number of carbonyl (C=O) groups is 2. The average Bonchev–Trinajstić information content (AvgIpc) is 2.80. The summed E-state index contributed by atoms with van der Waals surface area (Å²) in [7, 11) is 0. The van der Waals surface area contributed by atoms with E-state index in [1.165, 1.54) is 0 Å². The number of morpholine rings is 1. The summed E-state index contributed by atoms with van der Waals surface area (Å²) in [6.07, 6.45) is 2.62. The lowest BCUT2D eigenvalue weighted by Crippen LogP contribution is -2.48. The molecule has 33 heavy (non-hydrogen) atoms. The van der Waals surface area contributed by atoms with Gasteiger partial charge in [0.05, 0.1) is 12.2 Å². The minimum atomic E-state index is -0.170. The van der Waals surface area contributed by atoms with E-state index in [1.807, 2.05) is 42.2 Å². The van der Waals surface area contributed by atoms with Gasteiger partial charge in [-0.05, 0) is 69.4 Å². The number of rotatable bonds is 5. The van der Waals surface area contributed by atoms with E-state index in [1.54, 1.807) is 18.2 Å². The third-order valence-electron chi connectivity index (χ3n) is 6.68. The van der Waals surface area contributed by atoms with Crippen LogP contribution in [0.2, 0.25) is 0 Å². The van der Waals surface area contributed by atoms with Gasteiger partial charge in [-0.2, -0.15) is 0 Å². The minimum Gasteiger partial charge on any atom is -0.373 e. The number of hydrogen-bond acceptors (Lipinski definition) is 4. The summed E-state index contributed by atoms with van der Waals surface area (Å²) >= 11 is 0. The van der Waals surface area contributed by atoms with E-state index in [0.717, 1.165) is 51.1 Å². The fourth-order valence-corrected chi connectivity index (χ4v) is 4.97. The predicted octanol–water partition coefficient (Wildman–Crippen LogP) is 4.21. The zero-order chi connectivity index (χ0) is 23.4. The number of likely N-dealkylation sites (tertiary alicyclic amines) is 1. The topological polar surface area (TPSA) is 61.9 Å². The number of benzene rings is 2. The zero-order valence-corrected chi connectivity index (χ0v) is 19.9. The summed E-state index contributed by atoms with van der Waals surface area (Å²) in [5.41, 5.74) is 2.83. The van der Waals surface area contributed by atoms with Crippen molar-refractivity contribution in [2.24, 2.45) is 5.92 Å². The second kappa shape index (κ2) is 10.5. The molecule has 4 rings (SSSR count). The maximum atomic E-state index is 13.2. The summed E-state index contributed by atoms with van der Waals surface area (Å²) < 4.78 is 5.85. The van der Waals surface area contributed by atoms with Crippen molar-refractivity contribution < 1.29 is 14.3 Å². The van der Waals surface area contributed by atoms with Crippen LogP contribution in [-0.4, -0.2) is 66.5 Å². The Labute approximate surface area is 196 Å². The molecular formula is C27H35N3O3. The first kappa shape index (κ1) is 23.5. The molecule has 2 heterocycles. The van der Waals surface area contributed by atoms with Crippen LogP contribution in [0.4, 0.5) is 5.69 Å². The van der Waals surface area contributed by atoms with E-state index >= 15 is 0 Å². The Morgan fingerprint density at radius 2 is 1.64 bits per heavy atom. The van der Waals surface area contributed by atoms with Crippen LogP contribution in [0.5, 0.6) is 0 Å². The van der Waals surface area contributed by atoms with Crippen molar-refractivity contribution >= 4 is 17.5 Å². The second-order valence-electron chi connectivity index (χ2n) is 9.56. The number of nitrogens with one attached hydrogen (secondary N) is 1. The van der Waals surface area contributed by atoms with Crippen LogP contribution in [0.1, 0.15) is 53.0 Å². The molecule has 176 valence electrons. The normalized spacial score (nSPS) is 22.2. The quantitative estimate of drug-likeness (QED) is 0.743. The molecule has 6 heteroatoms. The Morgan fingerprint density at radius 3 is 2.30 bits per heavy atom. The van der Waals surface area contributed by atoms with Crippen LogP contribution >= 0.6 is 0 Å². The van der Waals surface area contributed by atoms with Crippen LogP contribution in [-0.2, 0) is 4.74 Å². The molecule has 2 aliphatic rings. The summed E-state index contributed by atoms with van der Waals surface area (Å²) in [6.45, 7) is 10.8. The molecule has 0 bridgehead atoms. The number of ether oxygens (including phenoxy) is 1. The maximum Gasteiger partial charge on any atom is 0.255 e. The molecule has 0 aromatic heterocycles. The van der Waals surface area contributed by atoms with Crippen LogP contribution in [0.3, 0.4) is 0 Å². The van der Waals surface area contributed by atoms with Crippen LogP contribution in [0.25, 0.3) is 0 Å². The smallest absolute Gasteiger partial charge is 0.255 e. The third kappa shape index (κ3) is 6.01. The average molecular weight is 450 g/mol. The molecular weight excluding hydrogens is 414 g/mol. The Kier molecular flexibility index (Phi) is 7.46. The van der Waals surface area contributed by atoms with Gasteiger partial charge in [-0.3, -0.25) is 14.5 Å². The zero-order valence-electron chi connectivity index (χ0n) is 19.9. The SMILES string of the molecule is Cc1ccc(C(=O)N2CCC(CN3CC(C)OC(C)C3)CC2)cc1NC(=O)c1ccccc1. The van der Waals surface area contributed by atoms with Gasteiger partial charge in [-0.15, -0.1) is 0 Å². The number of hydrogen-bond donors (Lipinski definition) is 1. The molecule has 0 radical (unpaired) electrons. The van der Waals surface area contributed by atoms with Gasteiger partial charge >= 0.3 is 0 Å². The van der Waals surface area contributed by atoms with Crippen molar-refractivity contribution in [3.05, 3.63) is 65.2 Å². The van der Waals surface area contributed by atoms with Gasteiger partial charge in [0.25, 0.3) is 11.8 Å². The predicted molar refractivity (Wildman–Crippen MR) is 131 cm³/mol. The largest absolute Gasteiger partial charge is 0.373 e. The molecule has 2 fully saturated rings. The van der Waals surface area contributed by atoms with Crippen molar-refractivity contribution in [2.45, 2.75) is 45.8 Å². The van der Waals surface area contributed by atoms with E-state index in [-0.39, 0.29) is 24.0 Å². The van der Waals surface area contributed by atoms with E-state index in [0.29, 0.717) is 22.7 Å². The summed E-state index contributed by atoms with van der Waals surface area (Å²) in [6, 6.07) is 14.7. The highest BCUT2D eigenvalue weighted by Crippen LogP contribution is 2.24. The van der Waals surface area contributed by atoms with Crippen molar-refractivity contribution in [3.8, 4) is 0 Å². The maximum absolute atomic E-state index is 13.2. The van der Waals surface area contributed by atoms with E-state index in [2.05, 4.69) is 24.1 Å². The molecule has 2 saturated heterocycles. The van der Waals surface area contributed by atoms with E-state index in [4.69, 9.17) is 4.74 Å². The number of carbonyl (C=O) groups excluding carboxylic acids is 2. The van der Waals surface area contributed by atoms with Crippen molar-refractivity contribution in [1.82, 2.24) is 9.80 Å². The van der Waals surface area contributed by atoms with Crippen molar-refractivity contribution in [2.75, 3.05) is 38.0 Å². The summed E-state index contributed by atoms with van der Waals surface area (Å²) in [5, 5.41) is 2.96. The molecule has 2 unspecified atom stereocenters. The first-order valence-electron chi connectivity index (χ1n) is 12.0. The number of nitrogens with zero attached hydrogens (tertiary/aromatic N) is 2. The molecule has 2 aromatic carbocycles. The van der Waals surface area contributed by atoms with Crippen LogP contribution < -0.4 is 5.32 Å². The highest BCUT2D eigenvalue weighted by atomic mass is 16.5. The highest BCUT2D eigenvalue weighted by molar-refractivity contribution is 6.05. The van der Waals surface area contributed by atoms with Gasteiger partial charge in [0.2, 0.25) is 0 Å². The second-order valence-corrected chi connectivity index (χ2v) is 9.56. The summed E-state index contributed by atoms with van der Waals surface area (Å²) in [5.74, 6) is 0.485. The van der Waals surface area contributed by atoms with Crippen molar-refractivity contribution in [3.63, 3.8) is 0 Å². The summed E-state index contributed by atoms with van der Waals surface area (Å²) in [4.78, 5) is 30.2. The van der Waals surface area contributed by atoms with Gasteiger partial charge in [-0.1, -0.05) is 24.3 Å². The molecule has 0 aliphatic carbocycles. The van der Waals surface area contributed by atoms with E-state index in [9.17, 15) is 9.59 Å². The highest BCUT2D eigenvalue weighted by Gasteiger charge is 2.28. The first-order valence-corrected chi connectivity index (χ1v) is 12.0. The fourth-order valence-electron chi connectivity index (χ4n) is 4.97. The lowest BCUT2D eigenvalue weighted by molar-refractivity contribution is -0.0728. The van der Waals surface area contributed by atoms with Crippen molar-refractivity contribution in [1.29, 1.82) is 0 Å². The fraction of sp³-hybridized carbons (Fsp3) is 0.481. The molecule has 1 N–H and O–H groups in total. The monoisotopic (exact) mass is 449 g/mol. The minimum absolute atomic E-state index is 0.0391. The third-order valence-corrected chi connectivity index (χ3v) is 6.68. The van der Waals surface area contributed by atoms with Gasteiger partial charge < -0.3 is 15.0 Å². The van der Waals surface area contributed by atoms with E-state index < -0.39 is 0 Å². The first-order chi connectivity index (χ1) is 15.9. The molecule has 0 spiro atoms. The Hall–Kier alpha value is -2.70. The molecule has 2 aromatic rings. The van der Waals surface area contributed by atoms with Gasteiger partial charge in [0.15, 0.2) is 0 Å². The molecule has 0 saturated carbocycles. The Morgan fingerprint density at radius 1 is 0.970 bits per heavy atom. The number of amides is 2. The van der Waals surface area contributed by atoms with Crippen LogP contribution in [0.15, 0.2) is 48.5 Å². The van der Waals surface area contributed by atoms with Gasteiger partial charge in [0.1, 0.15) is 0 Å².